The van der Waals surface area contributed by atoms with Gasteiger partial charge in [-0.15, -0.1) is 0 Å². The molecule has 0 bridgehead atoms. The van der Waals surface area contributed by atoms with E-state index >= 15 is 0 Å². The first-order chi connectivity index (χ1) is 17.5. The first-order valence-corrected chi connectivity index (χ1v) is 17.5. The van der Waals surface area contributed by atoms with Gasteiger partial charge in [0, 0.05) is 18.0 Å². The van der Waals surface area contributed by atoms with Gasteiger partial charge in [0.15, 0.2) is 0 Å². The van der Waals surface area contributed by atoms with E-state index in [1.54, 1.807) is 5.56 Å². The zero-order valence-corrected chi connectivity index (χ0v) is 23.2. The van der Waals surface area contributed by atoms with Crippen LogP contribution >= 0.6 is 0 Å². The predicted octanol–water partition coefficient (Wildman–Crippen LogP) is 7.78. The minimum Gasteiger partial charge on any atom is -0.296 e. The van der Waals surface area contributed by atoms with Crippen LogP contribution in [-0.4, -0.2) is 32.1 Å². The fourth-order valence-corrected chi connectivity index (χ4v) is 15.4. The van der Waals surface area contributed by atoms with Crippen LogP contribution in [0.25, 0.3) is 0 Å². The third kappa shape index (κ3) is 3.23. The summed E-state index contributed by atoms with van der Waals surface area (Å²) in [6.07, 6.45) is 28.6. The van der Waals surface area contributed by atoms with Gasteiger partial charge in [-0.2, -0.15) is 0 Å². The van der Waals surface area contributed by atoms with Crippen LogP contribution < -0.4 is 0 Å². The molecule has 0 spiro atoms. The lowest BCUT2D eigenvalue weighted by molar-refractivity contribution is 0.219. The van der Waals surface area contributed by atoms with Crippen molar-refractivity contribution in [3.8, 4) is 0 Å². The van der Waals surface area contributed by atoms with Gasteiger partial charge in [-0.3, -0.25) is 4.90 Å². The molecule has 1 heterocycles. The highest BCUT2D eigenvalue weighted by molar-refractivity contribution is 6.80. The number of hydrogen-bond acceptors (Lipinski definition) is 1. The lowest BCUT2D eigenvalue weighted by Crippen LogP contribution is -2.46. The summed E-state index contributed by atoms with van der Waals surface area (Å²) in [4.78, 5) is 2.77. The average Bonchev–Trinajstić information content (AvgIpc) is 3.54. The van der Waals surface area contributed by atoms with Crippen molar-refractivity contribution >= 4 is 8.07 Å². The Kier molecular flexibility index (Phi) is 5.38. The third-order valence-corrected chi connectivity index (χ3v) is 16.4. The van der Waals surface area contributed by atoms with E-state index in [-0.39, 0.29) is 0 Å². The summed E-state index contributed by atoms with van der Waals surface area (Å²) in [5.74, 6) is 4.80. The highest BCUT2D eigenvalue weighted by Gasteiger charge is 2.65. The van der Waals surface area contributed by atoms with Gasteiger partial charge in [-0.25, -0.2) is 0 Å². The molecule has 1 saturated heterocycles. The molecule has 6 aliphatic rings. The van der Waals surface area contributed by atoms with Gasteiger partial charge in [0.1, 0.15) is 0 Å². The summed E-state index contributed by atoms with van der Waals surface area (Å²) in [6, 6.07) is 12.7. The molecule has 11 atom stereocenters. The predicted molar refractivity (Wildman–Crippen MR) is 155 cm³/mol. The maximum Gasteiger partial charge on any atom is 0.0551 e. The van der Waals surface area contributed by atoms with Gasteiger partial charge >= 0.3 is 0 Å². The smallest absolute Gasteiger partial charge is 0.0551 e. The Morgan fingerprint density at radius 3 is 2.19 bits per heavy atom. The Hall–Kier alpha value is -2.16. The summed E-state index contributed by atoms with van der Waals surface area (Å²) in [6.45, 7) is 7.91. The average molecular weight is 492 g/mol. The van der Waals surface area contributed by atoms with Crippen molar-refractivity contribution in [2.24, 2.45) is 35.5 Å². The monoisotopic (exact) mass is 491 g/mol. The first kappa shape index (κ1) is 23.0. The molecule has 7 rings (SSSR count). The van der Waals surface area contributed by atoms with Crippen molar-refractivity contribution in [3.05, 3.63) is 108 Å². The van der Waals surface area contributed by atoms with Crippen molar-refractivity contribution in [1.82, 2.24) is 4.90 Å². The van der Waals surface area contributed by atoms with Gasteiger partial charge in [0.05, 0.1) is 8.07 Å². The van der Waals surface area contributed by atoms with Crippen LogP contribution in [0.1, 0.15) is 24.8 Å². The van der Waals surface area contributed by atoms with Crippen LogP contribution in [0.4, 0.5) is 0 Å². The maximum atomic E-state index is 2.80. The Morgan fingerprint density at radius 1 is 0.778 bits per heavy atom. The van der Waals surface area contributed by atoms with E-state index in [2.05, 4.69) is 129 Å². The number of hydrogen-bond donors (Lipinski definition) is 0. The van der Waals surface area contributed by atoms with Gasteiger partial charge < -0.3 is 0 Å². The molecule has 0 radical (unpaired) electrons. The zero-order chi connectivity index (χ0) is 24.6. The number of nitrogens with zero attached hydrogens (tertiary/aromatic N) is 1. The molecule has 3 fully saturated rings. The molecule has 11 unspecified atom stereocenters. The van der Waals surface area contributed by atoms with Crippen molar-refractivity contribution in [1.29, 1.82) is 0 Å². The number of likely N-dealkylation sites (N-methyl/N-ethyl adjacent to an activating group) is 1. The molecule has 1 aromatic carbocycles. The molecule has 186 valence electrons. The molecule has 0 N–H and O–H groups in total. The lowest BCUT2D eigenvalue weighted by Gasteiger charge is -2.45. The summed E-state index contributed by atoms with van der Waals surface area (Å²) in [7, 11) is 0.731. The van der Waals surface area contributed by atoms with E-state index in [0.717, 1.165) is 17.0 Å². The van der Waals surface area contributed by atoms with Crippen LogP contribution in [0.3, 0.4) is 0 Å². The molecular formula is C34H41NSi. The fraction of sp³-hybridized carbons (Fsp3) is 0.471. The standard InChI is InChI=1S/C34H41NSi/c1-22-18-19-30-29(20-22)32-33(35(30)2)26-16-10-11-17-27(26)34(32)36(3,4)31-21-28(23-12-6-5-7-13-23)24-14-8-9-15-25(24)31/h5-20,24-34H,21H2,1-4H3. The minimum atomic E-state index is -1.69. The van der Waals surface area contributed by atoms with Gasteiger partial charge in [-0.1, -0.05) is 116 Å². The van der Waals surface area contributed by atoms with E-state index in [1.807, 2.05) is 0 Å². The Morgan fingerprint density at radius 2 is 1.44 bits per heavy atom. The molecular weight excluding hydrogens is 450 g/mol. The quantitative estimate of drug-likeness (QED) is 0.390. The Bertz CT molecular complexity index is 1200. The number of likely N-dealkylation sites (tertiary alicyclic amines) is 1. The van der Waals surface area contributed by atoms with Crippen LogP contribution in [-0.2, 0) is 0 Å². The van der Waals surface area contributed by atoms with Crippen molar-refractivity contribution in [2.45, 2.75) is 55.5 Å². The number of rotatable bonds is 3. The van der Waals surface area contributed by atoms with Crippen molar-refractivity contribution in [2.75, 3.05) is 7.05 Å². The molecule has 1 aliphatic heterocycles. The van der Waals surface area contributed by atoms with Gasteiger partial charge in [0.25, 0.3) is 0 Å². The largest absolute Gasteiger partial charge is 0.296 e. The third-order valence-electron chi connectivity index (χ3n) is 11.3. The van der Waals surface area contributed by atoms with Crippen molar-refractivity contribution in [3.63, 3.8) is 0 Å². The van der Waals surface area contributed by atoms with Crippen LogP contribution in [0, 0.1) is 35.5 Å². The molecule has 5 aliphatic carbocycles. The molecule has 0 amide bonds. The number of benzene rings is 1. The number of fused-ring (bicyclic) bond motifs is 6. The second-order valence-corrected chi connectivity index (χ2v) is 18.2. The summed E-state index contributed by atoms with van der Waals surface area (Å²) < 4.78 is 0. The molecule has 1 aromatic rings. The fourth-order valence-electron chi connectivity index (χ4n) is 9.99. The summed E-state index contributed by atoms with van der Waals surface area (Å²) in [5.41, 5.74) is 4.67. The van der Waals surface area contributed by atoms with E-state index in [0.29, 0.717) is 47.6 Å². The van der Waals surface area contributed by atoms with Crippen LogP contribution in [0.5, 0.6) is 0 Å². The normalized spacial score (nSPS) is 44.3. The molecule has 36 heavy (non-hydrogen) atoms. The second kappa shape index (κ2) is 8.43. The molecule has 2 saturated carbocycles. The van der Waals surface area contributed by atoms with E-state index < -0.39 is 8.07 Å². The summed E-state index contributed by atoms with van der Waals surface area (Å²) in [5, 5.41) is 0. The minimum absolute atomic E-state index is 0.571. The van der Waals surface area contributed by atoms with E-state index in [4.69, 9.17) is 0 Å². The van der Waals surface area contributed by atoms with Gasteiger partial charge in [0.2, 0.25) is 0 Å². The Balaban J connectivity index is 1.30. The summed E-state index contributed by atoms with van der Waals surface area (Å²) >= 11 is 0. The van der Waals surface area contributed by atoms with Crippen LogP contribution in [0.15, 0.2) is 103 Å². The SMILES string of the molecule is CC1=CC2C3C(C4C=CC=CC4C3[Si](C)(C)C3CC(c4ccccc4)C4C=CC=CC43)N(C)C2C=C1. The highest BCUT2D eigenvalue weighted by atomic mass is 28.3. The zero-order valence-electron chi connectivity index (χ0n) is 22.2. The second-order valence-electron chi connectivity index (χ2n) is 13.1. The van der Waals surface area contributed by atoms with Crippen molar-refractivity contribution < 1.29 is 0 Å². The topological polar surface area (TPSA) is 3.24 Å². The maximum absolute atomic E-state index is 2.80. The van der Waals surface area contributed by atoms with E-state index in [9.17, 15) is 0 Å². The van der Waals surface area contributed by atoms with E-state index in [1.165, 1.54) is 12.0 Å². The number of allylic oxidation sites excluding steroid dienone is 9. The molecule has 0 aromatic heterocycles. The first-order valence-electron chi connectivity index (χ1n) is 14.3. The highest BCUT2D eigenvalue weighted by Crippen LogP contribution is 2.67. The molecule has 1 nitrogen and oxygen atoms in total. The Labute approximate surface area is 219 Å². The van der Waals surface area contributed by atoms with Crippen LogP contribution in [0.2, 0.25) is 24.2 Å². The lowest BCUT2D eigenvalue weighted by atomic mass is 9.82. The molecule has 2 heteroatoms. The van der Waals surface area contributed by atoms with Gasteiger partial charge in [-0.05, 0) is 72.5 Å².